The lowest BCUT2D eigenvalue weighted by molar-refractivity contribution is 0.0636. The molecule has 0 bridgehead atoms. The number of methoxy groups -OCH3 is 2. The van der Waals surface area contributed by atoms with Gasteiger partial charge in [0.15, 0.2) is 11.5 Å². The van der Waals surface area contributed by atoms with Gasteiger partial charge >= 0.3 is 0 Å². The van der Waals surface area contributed by atoms with Crippen LogP contribution in [-0.4, -0.2) is 34.4 Å². The summed E-state index contributed by atoms with van der Waals surface area (Å²) in [6.45, 7) is 3.44. The standard InChI is InChI=1S/C13H21NO3/c1-5-17-13(9-14-2)10-6-7-11(15-3)12(8-10)16-4/h6-8,13-14H,5,9H2,1-4H3. The van der Waals surface area contributed by atoms with Gasteiger partial charge in [0.05, 0.1) is 20.3 Å². The Morgan fingerprint density at radius 1 is 1.18 bits per heavy atom. The summed E-state index contributed by atoms with van der Waals surface area (Å²) in [4.78, 5) is 0. The van der Waals surface area contributed by atoms with Crippen LogP contribution in [0.4, 0.5) is 0 Å². The Hall–Kier alpha value is -1.26. The molecule has 1 unspecified atom stereocenters. The lowest BCUT2D eigenvalue weighted by Gasteiger charge is -2.18. The molecular weight excluding hydrogens is 218 g/mol. The van der Waals surface area contributed by atoms with Crippen LogP contribution < -0.4 is 14.8 Å². The Labute approximate surface area is 103 Å². The van der Waals surface area contributed by atoms with Crippen molar-refractivity contribution in [3.8, 4) is 11.5 Å². The van der Waals surface area contributed by atoms with Gasteiger partial charge in [-0.3, -0.25) is 0 Å². The summed E-state index contributed by atoms with van der Waals surface area (Å²) in [5.41, 5.74) is 1.08. The summed E-state index contributed by atoms with van der Waals surface area (Å²) in [6.07, 6.45) is 0.0322. The molecule has 0 saturated carbocycles. The third kappa shape index (κ3) is 3.61. The quantitative estimate of drug-likeness (QED) is 0.790. The van der Waals surface area contributed by atoms with Gasteiger partial charge in [-0.25, -0.2) is 0 Å². The van der Waals surface area contributed by atoms with Gasteiger partial charge in [-0.1, -0.05) is 6.07 Å². The molecule has 0 fully saturated rings. The van der Waals surface area contributed by atoms with Gasteiger partial charge in [0.25, 0.3) is 0 Å². The van der Waals surface area contributed by atoms with E-state index in [1.165, 1.54) is 0 Å². The lowest BCUT2D eigenvalue weighted by atomic mass is 10.1. The number of nitrogens with one attached hydrogen (secondary N) is 1. The Morgan fingerprint density at radius 2 is 1.88 bits per heavy atom. The van der Waals surface area contributed by atoms with Gasteiger partial charge in [-0.15, -0.1) is 0 Å². The van der Waals surface area contributed by atoms with Crippen LogP contribution in [0.3, 0.4) is 0 Å². The molecule has 96 valence electrons. The van der Waals surface area contributed by atoms with Crippen molar-refractivity contribution in [3.05, 3.63) is 23.8 Å². The second-order valence-corrected chi connectivity index (χ2v) is 3.62. The summed E-state index contributed by atoms with van der Waals surface area (Å²) < 4.78 is 16.2. The molecule has 0 heterocycles. The predicted molar refractivity (Wildman–Crippen MR) is 67.8 cm³/mol. The zero-order valence-electron chi connectivity index (χ0n) is 10.9. The van der Waals surface area contributed by atoms with E-state index in [0.29, 0.717) is 6.61 Å². The van der Waals surface area contributed by atoms with E-state index in [1.54, 1.807) is 14.2 Å². The van der Waals surface area contributed by atoms with Crippen LogP contribution in [-0.2, 0) is 4.74 Å². The molecule has 1 atom stereocenters. The third-order valence-electron chi connectivity index (χ3n) is 2.54. The lowest BCUT2D eigenvalue weighted by Crippen LogP contribution is -2.19. The van der Waals surface area contributed by atoms with Crippen molar-refractivity contribution < 1.29 is 14.2 Å². The van der Waals surface area contributed by atoms with E-state index < -0.39 is 0 Å². The highest BCUT2D eigenvalue weighted by molar-refractivity contribution is 5.43. The van der Waals surface area contributed by atoms with Gasteiger partial charge < -0.3 is 19.5 Å². The van der Waals surface area contributed by atoms with Crippen LogP contribution in [0.15, 0.2) is 18.2 Å². The van der Waals surface area contributed by atoms with Gasteiger partial charge in [-0.2, -0.15) is 0 Å². The summed E-state index contributed by atoms with van der Waals surface area (Å²) >= 11 is 0. The van der Waals surface area contributed by atoms with E-state index in [-0.39, 0.29) is 6.10 Å². The van der Waals surface area contributed by atoms with Crippen molar-refractivity contribution in [2.24, 2.45) is 0 Å². The minimum Gasteiger partial charge on any atom is -0.493 e. The van der Waals surface area contributed by atoms with Crippen molar-refractivity contribution in [2.75, 3.05) is 34.4 Å². The maximum Gasteiger partial charge on any atom is 0.161 e. The fraction of sp³-hybridized carbons (Fsp3) is 0.538. The van der Waals surface area contributed by atoms with Gasteiger partial charge in [0, 0.05) is 13.2 Å². The van der Waals surface area contributed by atoms with Gasteiger partial charge in [0.2, 0.25) is 0 Å². The molecule has 0 aromatic heterocycles. The van der Waals surface area contributed by atoms with Crippen LogP contribution >= 0.6 is 0 Å². The normalized spacial score (nSPS) is 12.2. The Bertz CT molecular complexity index is 335. The van der Waals surface area contributed by atoms with E-state index in [1.807, 2.05) is 32.2 Å². The van der Waals surface area contributed by atoms with Crippen LogP contribution in [0.1, 0.15) is 18.6 Å². The Morgan fingerprint density at radius 3 is 2.41 bits per heavy atom. The zero-order chi connectivity index (χ0) is 12.7. The van der Waals surface area contributed by atoms with E-state index >= 15 is 0 Å². The average molecular weight is 239 g/mol. The van der Waals surface area contributed by atoms with Crippen molar-refractivity contribution in [1.82, 2.24) is 5.32 Å². The first kappa shape index (κ1) is 13.8. The number of hydrogen-bond acceptors (Lipinski definition) is 4. The number of hydrogen-bond donors (Lipinski definition) is 1. The number of benzene rings is 1. The zero-order valence-corrected chi connectivity index (χ0v) is 10.9. The molecule has 0 aliphatic carbocycles. The summed E-state index contributed by atoms with van der Waals surface area (Å²) in [5, 5.41) is 3.12. The number of ether oxygens (including phenoxy) is 3. The predicted octanol–water partition coefficient (Wildman–Crippen LogP) is 2.00. The van der Waals surface area contributed by atoms with Crippen molar-refractivity contribution in [3.63, 3.8) is 0 Å². The van der Waals surface area contributed by atoms with Crippen LogP contribution in [0.25, 0.3) is 0 Å². The molecule has 1 aromatic carbocycles. The molecule has 0 saturated heterocycles. The molecule has 0 radical (unpaired) electrons. The molecule has 4 nitrogen and oxygen atoms in total. The first-order valence-electron chi connectivity index (χ1n) is 5.74. The minimum atomic E-state index is 0.0322. The minimum absolute atomic E-state index is 0.0322. The molecular formula is C13H21NO3. The fourth-order valence-corrected chi connectivity index (χ4v) is 1.71. The summed E-state index contributed by atoms with van der Waals surface area (Å²) in [5.74, 6) is 1.46. The molecule has 1 rings (SSSR count). The van der Waals surface area contributed by atoms with Crippen molar-refractivity contribution in [1.29, 1.82) is 0 Å². The molecule has 0 aliphatic heterocycles. The monoisotopic (exact) mass is 239 g/mol. The Kier molecular flexibility index (Phi) is 5.80. The maximum absolute atomic E-state index is 5.68. The molecule has 0 spiro atoms. The van der Waals surface area contributed by atoms with E-state index in [2.05, 4.69) is 5.32 Å². The highest BCUT2D eigenvalue weighted by Gasteiger charge is 2.13. The Balaban J connectivity index is 2.94. The molecule has 0 aliphatic rings. The number of likely N-dealkylation sites (N-methyl/N-ethyl adjacent to an activating group) is 1. The third-order valence-corrected chi connectivity index (χ3v) is 2.54. The van der Waals surface area contributed by atoms with Crippen LogP contribution in [0, 0.1) is 0 Å². The smallest absolute Gasteiger partial charge is 0.161 e. The molecule has 0 amide bonds. The summed E-state index contributed by atoms with van der Waals surface area (Å²) in [6, 6.07) is 5.85. The number of rotatable bonds is 7. The maximum atomic E-state index is 5.68. The van der Waals surface area contributed by atoms with E-state index in [4.69, 9.17) is 14.2 Å². The van der Waals surface area contributed by atoms with E-state index in [9.17, 15) is 0 Å². The first-order chi connectivity index (χ1) is 8.26. The molecule has 1 aromatic rings. The largest absolute Gasteiger partial charge is 0.493 e. The molecule has 4 heteroatoms. The highest BCUT2D eigenvalue weighted by Crippen LogP contribution is 2.30. The summed E-state index contributed by atoms with van der Waals surface area (Å²) in [7, 11) is 5.17. The SMILES string of the molecule is CCOC(CNC)c1ccc(OC)c(OC)c1. The average Bonchev–Trinajstić information content (AvgIpc) is 2.37. The van der Waals surface area contributed by atoms with Crippen molar-refractivity contribution >= 4 is 0 Å². The van der Waals surface area contributed by atoms with Crippen molar-refractivity contribution in [2.45, 2.75) is 13.0 Å². The first-order valence-corrected chi connectivity index (χ1v) is 5.74. The highest BCUT2D eigenvalue weighted by atomic mass is 16.5. The topological polar surface area (TPSA) is 39.7 Å². The van der Waals surface area contributed by atoms with Gasteiger partial charge in [0.1, 0.15) is 0 Å². The van der Waals surface area contributed by atoms with Gasteiger partial charge in [-0.05, 0) is 31.7 Å². The second kappa shape index (κ2) is 7.14. The van der Waals surface area contributed by atoms with E-state index in [0.717, 1.165) is 23.6 Å². The molecule has 17 heavy (non-hydrogen) atoms. The van der Waals surface area contributed by atoms with Crippen LogP contribution in [0.5, 0.6) is 11.5 Å². The second-order valence-electron chi connectivity index (χ2n) is 3.62. The fourth-order valence-electron chi connectivity index (χ4n) is 1.71. The molecule has 1 N–H and O–H groups in total. The van der Waals surface area contributed by atoms with Crippen LogP contribution in [0.2, 0.25) is 0 Å².